The van der Waals surface area contributed by atoms with Gasteiger partial charge >= 0.3 is 0 Å². The first-order valence-corrected chi connectivity index (χ1v) is 10.7. The van der Waals surface area contributed by atoms with Crippen molar-refractivity contribution in [2.24, 2.45) is 0 Å². The molecule has 2 heterocycles. The Morgan fingerprint density at radius 1 is 1.13 bits per heavy atom. The van der Waals surface area contributed by atoms with Crippen molar-refractivity contribution >= 4 is 5.91 Å². The minimum absolute atomic E-state index is 0.00243. The molecule has 5 nitrogen and oxygen atoms in total. The maximum atomic E-state index is 13.1. The Balaban J connectivity index is 1.47. The Labute approximate surface area is 178 Å². The number of hydrogen-bond donors (Lipinski definition) is 2. The third-order valence-corrected chi connectivity index (χ3v) is 6.51. The van der Waals surface area contributed by atoms with E-state index in [1.165, 1.54) is 0 Å². The van der Waals surface area contributed by atoms with Crippen LogP contribution in [0.1, 0.15) is 71.8 Å². The molecule has 0 saturated carbocycles. The molecule has 160 valence electrons. The van der Waals surface area contributed by atoms with Gasteiger partial charge in [-0.1, -0.05) is 17.7 Å². The number of nitrogens with zero attached hydrogens (tertiary/aromatic N) is 1. The number of benzene rings is 2. The van der Waals surface area contributed by atoms with Crippen LogP contribution in [0.15, 0.2) is 36.4 Å². The number of carbonyl (C=O) groups excluding carboxylic acids is 1. The first-order valence-electron chi connectivity index (χ1n) is 10.7. The topological polar surface area (TPSA) is 70.0 Å². The van der Waals surface area contributed by atoms with Gasteiger partial charge in [0.15, 0.2) is 0 Å². The third-order valence-electron chi connectivity index (χ3n) is 6.51. The van der Waals surface area contributed by atoms with E-state index in [0.29, 0.717) is 37.9 Å². The van der Waals surface area contributed by atoms with Crippen molar-refractivity contribution < 1.29 is 19.7 Å². The summed E-state index contributed by atoms with van der Waals surface area (Å²) < 4.78 is 6.37. The number of aryl methyl sites for hydroxylation is 2. The first-order chi connectivity index (χ1) is 14.1. The second kappa shape index (κ2) is 7.40. The number of aliphatic hydroxyl groups excluding tert-OH is 1. The summed E-state index contributed by atoms with van der Waals surface area (Å²) in [7, 11) is 0. The van der Waals surface area contributed by atoms with Gasteiger partial charge in [-0.15, -0.1) is 0 Å². The standard InChI is InChI=1S/C25H31NO4/c1-16-5-8-22-19(13-16)21(27)15-25(30-22)9-11-26(12-10-25)23(28)18-6-7-20(17(2)14-18)24(3,4)29/h5-8,13-14,21,27,29H,9-12,15H2,1-4H3. The van der Waals surface area contributed by atoms with E-state index in [9.17, 15) is 15.0 Å². The number of hydrogen-bond acceptors (Lipinski definition) is 4. The van der Waals surface area contributed by atoms with Gasteiger partial charge in [0.2, 0.25) is 0 Å². The number of aliphatic hydroxyl groups is 2. The van der Waals surface area contributed by atoms with Crippen LogP contribution in [-0.2, 0) is 5.60 Å². The van der Waals surface area contributed by atoms with E-state index in [2.05, 4.69) is 0 Å². The number of ether oxygens (including phenoxy) is 1. The van der Waals surface area contributed by atoms with Crippen LogP contribution >= 0.6 is 0 Å². The van der Waals surface area contributed by atoms with Crippen molar-refractivity contribution in [2.45, 2.75) is 64.3 Å². The van der Waals surface area contributed by atoms with E-state index < -0.39 is 17.3 Å². The Morgan fingerprint density at radius 3 is 2.47 bits per heavy atom. The van der Waals surface area contributed by atoms with Crippen LogP contribution in [0.5, 0.6) is 5.75 Å². The summed E-state index contributed by atoms with van der Waals surface area (Å²) in [5.74, 6) is 0.764. The maximum Gasteiger partial charge on any atom is 0.253 e. The third kappa shape index (κ3) is 3.84. The lowest BCUT2D eigenvalue weighted by atomic mass is 9.81. The van der Waals surface area contributed by atoms with Crippen molar-refractivity contribution in [2.75, 3.05) is 13.1 Å². The molecule has 1 saturated heterocycles. The van der Waals surface area contributed by atoms with Crippen LogP contribution in [0.4, 0.5) is 0 Å². The predicted octanol–water partition coefficient (Wildman–Crippen LogP) is 4.02. The molecule has 1 amide bonds. The summed E-state index contributed by atoms with van der Waals surface area (Å²) >= 11 is 0. The molecule has 0 aromatic heterocycles. The number of rotatable bonds is 2. The molecule has 2 aromatic rings. The fourth-order valence-corrected chi connectivity index (χ4v) is 4.85. The van der Waals surface area contributed by atoms with E-state index in [1.54, 1.807) is 19.9 Å². The van der Waals surface area contributed by atoms with Crippen molar-refractivity contribution in [1.29, 1.82) is 0 Å². The Kier molecular flexibility index (Phi) is 5.15. The molecule has 30 heavy (non-hydrogen) atoms. The van der Waals surface area contributed by atoms with Crippen LogP contribution in [0.25, 0.3) is 0 Å². The molecule has 4 rings (SSSR count). The highest BCUT2D eigenvalue weighted by Gasteiger charge is 2.43. The molecule has 1 fully saturated rings. The van der Waals surface area contributed by atoms with Crippen LogP contribution in [-0.4, -0.2) is 39.7 Å². The lowest BCUT2D eigenvalue weighted by molar-refractivity contribution is -0.0496. The first kappa shape index (κ1) is 20.9. The van der Waals surface area contributed by atoms with Crippen LogP contribution < -0.4 is 4.74 Å². The highest BCUT2D eigenvalue weighted by molar-refractivity contribution is 5.94. The summed E-state index contributed by atoms with van der Waals surface area (Å²) in [6.45, 7) is 8.62. The molecule has 2 aromatic carbocycles. The SMILES string of the molecule is Cc1ccc2c(c1)C(O)CC1(CCN(C(=O)c3ccc(C(C)(C)O)c(C)c3)CC1)O2. The average molecular weight is 410 g/mol. The minimum atomic E-state index is -0.933. The molecule has 2 aliphatic heterocycles. The molecule has 0 bridgehead atoms. The largest absolute Gasteiger partial charge is 0.487 e. The van der Waals surface area contributed by atoms with Gasteiger partial charge in [-0.2, -0.15) is 0 Å². The van der Waals surface area contributed by atoms with Gasteiger partial charge in [-0.3, -0.25) is 4.79 Å². The molecule has 1 spiro atoms. The van der Waals surface area contributed by atoms with Gasteiger partial charge < -0.3 is 19.8 Å². The zero-order valence-electron chi connectivity index (χ0n) is 18.2. The van der Waals surface area contributed by atoms with Crippen LogP contribution in [0.2, 0.25) is 0 Å². The molecule has 0 radical (unpaired) electrons. The van der Waals surface area contributed by atoms with Crippen molar-refractivity contribution in [3.05, 3.63) is 64.2 Å². The molecule has 1 atom stereocenters. The van der Waals surface area contributed by atoms with Gasteiger partial charge in [0.1, 0.15) is 11.4 Å². The maximum absolute atomic E-state index is 13.1. The van der Waals surface area contributed by atoms with Gasteiger partial charge in [-0.05, 0) is 63.1 Å². The highest BCUT2D eigenvalue weighted by atomic mass is 16.5. The van der Waals surface area contributed by atoms with E-state index in [-0.39, 0.29) is 5.91 Å². The molecular weight excluding hydrogens is 378 g/mol. The van der Waals surface area contributed by atoms with E-state index in [0.717, 1.165) is 28.0 Å². The Hall–Kier alpha value is -2.37. The van der Waals surface area contributed by atoms with Crippen LogP contribution in [0, 0.1) is 13.8 Å². The summed E-state index contributed by atoms with van der Waals surface area (Å²) in [6, 6.07) is 11.4. The van der Waals surface area contributed by atoms with E-state index in [4.69, 9.17) is 4.74 Å². The van der Waals surface area contributed by atoms with Gasteiger partial charge in [0.05, 0.1) is 11.7 Å². The minimum Gasteiger partial charge on any atom is -0.487 e. The highest BCUT2D eigenvalue weighted by Crippen LogP contribution is 2.44. The average Bonchev–Trinajstić information content (AvgIpc) is 2.68. The summed E-state index contributed by atoms with van der Waals surface area (Å²) in [6.07, 6.45) is 1.42. The quantitative estimate of drug-likeness (QED) is 0.786. The van der Waals surface area contributed by atoms with Crippen molar-refractivity contribution in [3.8, 4) is 5.75 Å². The monoisotopic (exact) mass is 409 g/mol. The smallest absolute Gasteiger partial charge is 0.253 e. The number of amides is 1. The number of likely N-dealkylation sites (tertiary alicyclic amines) is 1. The predicted molar refractivity (Wildman–Crippen MR) is 116 cm³/mol. The zero-order chi connectivity index (χ0) is 21.7. The van der Waals surface area contributed by atoms with Gasteiger partial charge in [0, 0.05) is 43.5 Å². The number of carbonyl (C=O) groups is 1. The van der Waals surface area contributed by atoms with E-state index in [1.807, 2.05) is 49.1 Å². The molecule has 1 unspecified atom stereocenters. The number of fused-ring (bicyclic) bond motifs is 1. The van der Waals surface area contributed by atoms with Crippen molar-refractivity contribution in [1.82, 2.24) is 4.90 Å². The molecule has 5 heteroatoms. The number of piperidine rings is 1. The fourth-order valence-electron chi connectivity index (χ4n) is 4.85. The zero-order valence-corrected chi connectivity index (χ0v) is 18.2. The second-order valence-corrected chi connectivity index (χ2v) is 9.43. The normalized spacial score (nSPS) is 20.6. The molecule has 2 aliphatic rings. The lowest BCUT2D eigenvalue weighted by Gasteiger charge is -2.46. The summed E-state index contributed by atoms with van der Waals surface area (Å²) in [4.78, 5) is 14.9. The molecule has 0 aliphatic carbocycles. The van der Waals surface area contributed by atoms with Crippen molar-refractivity contribution in [3.63, 3.8) is 0 Å². The van der Waals surface area contributed by atoms with Crippen LogP contribution in [0.3, 0.4) is 0 Å². The second-order valence-electron chi connectivity index (χ2n) is 9.43. The fraction of sp³-hybridized carbons (Fsp3) is 0.480. The summed E-state index contributed by atoms with van der Waals surface area (Å²) in [5.41, 5.74) is 3.00. The van der Waals surface area contributed by atoms with Gasteiger partial charge in [0.25, 0.3) is 5.91 Å². The molecule has 2 N–H and O–H groups in total. The lowest BCUT2D eigenvalue weighted by Crippen LogP contribution is -2.51. The Morgan fingerprint density at radius 2 is 1.83 bits per heavy atom. The summed E-state index contributed by atoms with van der Waals surface area (Å²) in [5, 5.41) is 21.0. The van der Waals surface area contributed by atoms with E-state index >= 15 is 0 Å². The van der Waals surface area contributed by atoms with Gasteiger partial charge in [-0.25, -0.2) is 0 Å². The molecular formula is C25H31NO4. The Bertz CT molecular complexity index is 968.